The van der Waals surface area contributed by atoms with Gasteiger partial charge in [-0.05, 0) is 38.5 Å². The van der Waals surface area contributed by atoms with Crippen molar-refractivity contribution in [1.82, 2.24) is 4.98 Å². The first-order valence-corrected chi connectivity index (χ1v) is 5.48. The van der Waals surface area contributed by atoms with Gasteiger partial charge in [-0.1, -0.05) is 0 Å². The summed E-state index contributed by atoms with van der Waals surface area (Å²) in [5, 5.41) is 0. The summed E-state index contributed by atoms with van der Waals surface area (Å²) in [4.78, 5) is 6.70. The van der Waals surface area contributed by atoms with Gasteiger partial charge in [0.25, 0.3) is 0 Å². The van der Waals surface area contributed by atoms with E-state index >= 15 is 0 Å². The molecule has 0 spiro atoms. The number of anilines is 1. The van der Waals surface area contributed by atoms with Crippen LogP contribution in [-0.4, -0.2) is 30.3 Å². The molecule has 0 bridgehead atoms. The second-order valence-corrected chi connectivity index (χ2v) is 4.35. The van der Waals surface area contributed by atoms with Gasteiger partial charge in [0.2, 0.25) is 0 Å². The van der Waals surface area contributed by atoms with Crippen LogP contribution in [0.2, 0.25) is 0 Å². The Kier molecular flexibility index (Phi) is 2.91. The highest BCUT2D eigenvalue weighted by Crippen LogP contribution is 2.18. The SMILES string of the molecule is Cc1ccnc(N2CC(C)OC(C)C2)c1. The lowest BCUT2D eigenvalue weighted by Gasteiger charge is -2.36. The van der Waals surface area contributed by atoms with Crippen molar-refractivity contribution in [2.75, 3.05) is 18.0 Å². The highest BCUT2D eigenvalue weighted by atomic mass is 16.5. The maximum absolute atomic E-state index is 5.70. The minimum atomic E-state index is 0.288. The first-order chi connectivity index (χ1) is 7.15. The Balaban J connectivity index is 2.16. The van der Waals surface area contributed by atoms with E-state index < -0.39 is 0 Å². The third-order valence-corrected chi connectivity index (χ3v) is 2.64. The van der Waals surface area contributed by atoms with Crippen molar-refractivity contribution in [1.29, 1.82) is 0 Å². The number of morpholine rings is 1. The number of aromatic nitrogens is 1. The molecule has 0 aliphatic carbocycles. The Hall–Kier alpha value is -1.09. The molecule has 0 saturated carbocycles. The van der Waals surface area contributed by atoms with Gasteiger partial charge in [-0.25, -0.2) is 4.98 Å². The predicted octanol–water partition coefficient (Wildman–Crippen LogP) is 2.00. The minimum absolute atomic E-state index is 0.288. The molecular weight excluding hydrogens is 188 g/mol. The fourth-order valence-electron chi connectivity index (χ4n) is 2.06. The molecule has 0 radical (unpaired) electrons. The van der Waals surface area contributed by atoms with Gasteiger partial charge >= 0.3 is 0 Å². The standard InChI is InChI=1S/C12H18N2O/c1-9-4-5-13-12(6-9)14-7-10(2)15-11(3)8-14/h4-6,10-11H,7-8H2,1-3H3. The summed E-state index contributed by atoms with van der Waals surface area (Å²) in [5.74, 6) is 1.07. The van der Waals surface area contributed by atoms with Gasteiger partial charge in [0.1, 0.15) is 5.82 Å². The van der Waals surface area contributed by atoms with Crippen molar-refractivity contribution in [3.63, 3.8) is 0 Å². The number of pyridine rings is 1. The van der Waals surface area contributed by atoms with Gasteiger partial charge in [-0.15, -0.1) is 0 Å². The lowest BCUT2D eigenvalue weighted by atomic mass is 10.2. The maximum Gasteiger partial charge on any atom is 0.128 e. The molecule has 2 heterocycles. The number of aryl methyl sites for hydroxylation is 1. The van der Waals surface area contributed by atoms with Crippen LogP contribution in [0.15, 0.2) is 18.3 Å². The van der Waals surface area contributed by atoms with Crippen LogP contribution in [0.1, 0.15) is 19.4 Å². The van der Waals surface area contributed by atoms with Crippen molar-refractivity contribution in [3.05, 3.63) is 23.9 Å². The number of hydrogen-bond acceptors (Lipinski definition) is 3. The number of ether oxygens (including phenoxy) is 1. The average Bonchev–Trinajstić information content (AvgIpc) is 2.16. The fraction of sp³-hybridized carbons (Fsp3) is 0.583. The van der Waals surface area contributed by atoms with Crippen LogP contribution in [0.4, 0.5) is 5.82 Å². The topological polar surface area (TPSA) is 25.4 Å². The number of nitrogens with zero attached hydrogens (tertiary/aromatic N) is 2. The second-order valence-electron chi connectivity index (χ2n) is 4.35. The van der Waals surface area contributed by atoms with Crippen LogP contribution in [-0.2, 0) is 4.74 Å². The minimum Gasteiger partial charge on any atom is -0.372 e. The van der Waals surface area contributed by atoms with E-state index in [1.807, 2.05) is 12.3 Å². The molecule has 1 aliphatic rings. The third kappa shape index (κ3) is 2.48. The summed E-state index contributed by atoms with van der Waals surface area (Å²) in [6.07, 6.45) is 2.45. The summed E-state index contributed by atoms with van der Waals surface area (Å²) in [6.45, 7) is 8.18. The van der Waals surface area contributed by atoms with Gasteiger partial charge in [-0.3, -0.25) is 0 Å². The Morgan fingerprint density at radius 2 is 2.00 bits per heavy atom. The lowest BCUT2D eigenvalue weighted by Crippen LogP contribution is -2.45. The molecule has 3 nitrogen and oxygen atoms in total. The van der Waals surface area contributed by atoms with Crippen molar-refractivity contribution in [2.24, 2.45) is 0 Å². The largest absolute Gasteiger partial charge is 0.372 e. The summed E-state index contributed by atoms with van der Waals surface area (Å²) in [6, 6.07) is 4.15. The van der Waals surface area contributed by atoms with Gasteiger partial charge < -0.3 is 9.64 Å². The smallest absolute Gasteiger partial charge is 0.128 e. The molecule has 0 amide bonds. The second kappa shape index (κ2) is 4.19. The third-order valence-electron chi connectivity index (χ3n) is 2.64. The summed E-state index contributed by atoms with van der Waals surface area (Å²) in [5.41, 5.74) is 1.26. The van der Waals surface area contributed by atoms with E-state index in [1.165, 1.54) is 5.56 Å². The highest BCUT2D eigenvalue weighted by molar-refractivity contribution is 5.41. The van der Waals surface area contributed by atoms with Crippen LogP contribution < -0.4 is 4.90 Å². The van der Waals surface area contributed by atoms with Gasteiger partial charge in [0.15, 0.2) is 0 Å². The predicted molar refractivity (Wildman–Crippen MR) is 61.2 cm³/mol. The molecule has 2 unspecified atom stereocenters. The van der Waals surface area contributed by atoms with E-state index in [2.05, 4.69) is 36.7 Å². The molecule has 1 saturated heterocycles. The van der Waals surface area contributed by atoms with Crippen LogP contribution >= 0.6 is 0 Å². The van der Waals surface area contributed by atoms with Crippen molar-refractivity contribution >= 4 is 5.82 Å². The fourth-order valence-corrected chi connectivity index (χ4v) is 2.06. The van der Waals surface area contributed by atoms with Crippen LogP contribution in [0.5, 0.6) is 0 Å². The Morgan fingerprint density at radius 3 is 2.60 bits per heavy atom. The van der Waals surface area contributed by atoms with Gasteiger partial charge in [0.05, 0.1) is 12.2 Å². The first kappa shape index (κ1) is 10.4. The lowest BCUT2D eigenvalue weighted by molar-refractivity contribution is -0.00546. The molecule has 1 fully saturated rings. The van der Waals surface area contributed by atoms with Crippen molar-refractivity contribution in [2.45, 2.75) is 33.0 Å². The molecule has 2 atom stereocenters. The molecule has 1 aromatic rings. The van der Waals surface area contributed by atoms with E-state index in [0.29, 0.717) is 0 Å². The zero-order valence-corrected chi connectivity index (χ0v) is 9.60. The molecule has 82 valence electrons. The van der Waals surface area contributed by atoms with E-state index in [9.17, 15) is 0 Å². The van der Waals surface area contributed by atoms with Crippen LogP contribution in [0.25, 0.3) is 0 Å². The highest BCUT2D eigenvalue weighted by Gasteiger charge is 2.22. The Labute approximate surface area is 91.1 Å². The number of rotatable bonds is 1. The molecule has 1 aliphatic heterocycles. The average molecular weight is 206 g/mol. The monoisotopic (exact) mass is 206 g/mol. The van der Waals surface area contributed by atoms with Crippen molar-refractivity contribution < 1.29 is 4.74 Å². The molecule has 0 N–H and O–H groups in total. The van der Waals surface area contributed by atoms with E-state index in [4.69, 9.17) is 4.74 Å². The molecule has 2 rings (SSSR count). The zero-order chi connectivity index (χ0) is 10.8. The van der Waals surface area contributed by atoms with Gasteiger partial charge in [0, 0.05) is 19.3 Å². The maximum atomic E-state index is 5.70. The van der Waals surface area contributed by atoms with Crippen molar-refractivity contribution in [3.8, 4) is 0 Å². The quantitative estimate of drug-likeness (QED) is 0.702. The van der Waals surface area contributed by atoms with E-state index in [1.54, 1.807) is 0 Å². The summed E-state index contributed by atoms with van der Waals surface area (Å²) >= 11 is 0. The summed E-state index contributed by atoms with van der Waals surface area (Å²) < 4.78 is 5.70. The Morgan fingerprint density at radius 1 is 1.33 bits per heavy atom. The first-order valence-electron chi connectivity index (χ1n) is 5.48. The molecule has 3 heteroatoms. The number of hydrogen-bond donors (Lipinski definition) is 0. The van der Waals surface area contributed by atoms with Crippen LogP contribution in [0, 0.1) is 6.92 Å². The summed E-state index contributed by atoms with van der Waals surface area (Å²) in [7, 11) is 0. The molecular formula is C12H18N2O. The van der Waals surface area contributed by atoms with Gasteiger partial charge in [-0.2, -0.15) is 0 Å². The molecule has 0 aromatic carbocycles. The normalized spacial score (nSPS) is 26.7. The zero-order valence-electron chi connectivity index (χ0n) is 9.60. The Bertz CT molecular complexity index is 330. The van der Waals surface area contributed by atoms with E-state index in [-0.39, 0.29) is 12.2 Å². The van der Waals surface area contributed by atoms with E-state index in [0.717, 1.165) is 18.9 Å². The molecule has 15 heavy (non-hydrogen) atoms. The van der Waals surface area contributed by atoms with Crippen LogP contribution in [0.3, 0.4) is 0 Å². The molecule has 1 aromatic heterocycles.